The van der Waals surface area contributed by atoms with E-state index in [1.165, 1.54) is 5.56 Å². The molecule has 2 nitrogen and oxygen atoms in total. The van der Waals surface area contributed by atoms with Crippen LogP contribution in [0.5, 0.6) is 0 Å². The molecule has 1 N–H and O–H groups in total. The van der Waals surface area contributed by atoms with Crippen LogP contribution in [0.1, 0.15) is 24.8 Å². The molecule has 0 heterocycles. The van der Waals surface area contributed by atoms with Crippen molar-refractivity contribution in [1.29, 1.82) is 5.26 Å². The van der Waals surface area contributed by atoms with E-state index in [2.05, 4.69) is 11.4 Å². The van der Waals surface area contributed by atoms with E-state index in [0.717, 1.165) is 30.0 Å². The van der Waals surface area contributed by atoms with Gasteiger partial charge < -0.3 is 5.32 Å². The first-order valence-electron chi connectivity index (χ1n) is 5.63. The Labute approximate surface area is 101 Å². The van der Waals surface area contributed by atoms with E-state index >= 15 is 0 Å². The van der Waals surface area contributed by atoms with E-state index in [0.29, 0.717) is 0 Å². The van der Waals surface area contributed by atoms with Gasteiger partial charge in [0, 0.05) is 6.04 Å². The Morgan fingerprint density at radius 3 is 3.00 bits per heavy atom. The van der Waals surface area contributed by atoms with Crippen LogP contribution in [0.3, 0.4) is 0 Å². The van der Waals surface area contributed by atoms with Gasteiger partial charge in [0.15, 0.2) is 0 Å². The molecule has 0 aliphatic heterocycles. The lowest BCUT2D eigenvalue weighted by molar-refractivity contribution is 0.630. The van der Waals surface area contributed by atoms with E-state index in [4.69, 9.17) is 16.9 Å². The fraction of sp³-hybridized carbons (Fsp3) is 0.462. The van der Waals surface area contributed by atoms with Gasteiger partial charge in [-0.3, -0.25) is 0 Å². The molecule has 84 valence electrons. The molecule has 1 aliphatic rings. The predicted octanol–water partition coefficient (Wildman–Crippen LogP) is 3.75. The molecule has 3 heteroatoms. The lowest BCUT2D eigenvalue weighted by Gasteiger charge is -2.18. The van der Waals surface area contributed by atoms with Gasteiger partial charge in [0.05, 0.1) is 22.7 Å². The average Bonchev–Trinajstić information content (AvgIpc) is 2.71. The van der Waals surface area contributed by atoms with Crippen molar-refractivity contribution in [3.05, 3.63) is 28.8 Å². The van der Waals surface area contributed by atoms with Crippen molar-refractivity contribution < 1.29 is 0 Å². The van der Waals surface area contributed by atoms with Crippen LogP contribution in [0, 0.1) is 24.2 Å². The number of nitriles is 1. The number of rotatable bonds is 2. The number of aryl methyl sites for hydroxylation is 1. The largest absolute Gasteiger partial charge is 0.380 e. The number of halogens is 1. The van der Waals surface area contributed by atoms with Crippen LogP contribution in [0.15, 0.2) is 18.2 Å². The molecule has 0 bridgehead atoms. The summed E-state index contributed by atoms with van der Waals surface area (Å²) in [6, 6.07) is 8.54. The molecule has 1 aliphatic carbocycles. The molecular weight excluding hydrogens is 220 g/mol. The van der Waals surface area contributed by atoms with E-state index in [-0.39, 0.29) is 12.0 Å². The van der Waals surface area contributed by atoms with Gasteiger partial charge >= 0.3 is 0 Å². The minimum atomic E-state index is 0.122. The van der Waals surface area contributed by atoms with Gasteiger partial charge in [0.2, 0.25) is 0 Å². The highest BCUT2D eigenvalue weighted by molar-refractivity contribution is 6.33. The number of benzene rings is 1. The number of hydrogen-bond donors (Lipinski definition) is 1. The molecule has 1 aromatic rings. The van der Waals surface area contributed by atoms with Crippen molar-refractivity contribution in [2.45, 2.75) is 32.2 Å². The van der Waals surface area contributed by atoms with Crippen LogP contribution >= 0.6 is 11.6 Å². The zero-order valence-electron chi connectivity index (χ0n) is 9.33. The van der Waals surface area contributed by atoms with Crippen LogP contribution < -0.4 is 5.32 Å². The molecule has 1 aromatic carbocycles. The first-order valence-corrected chi connectivity index (χ1v) is 6.01. The highest BCUT2D eigenvalue weighted by atomic mass is 35.5. The molecule has 0 saturated heterocycles. The monoisotopic (exact) mass is 234 g/mol. The molecular formula is C13H15ClN2. The second-order valence-corrected chi connectivity index (χ2v) is 4.81. The molecule has 0 spiro atoms. The summed E-state index contributed by atoms with van der Waals surface area (Å²) < 4.78 is 0. The predicted molar refractivity (Wildman–Crippen MR) is 66.6 cm³/mol. The maximum atomic E-state index is 9.02. The third kappa shape index (κ3) is 2.31. The Kier molecular flexibility index (Phi) is 3.36. The molecule has 2 rings (SSSR count). The topological polar surface area (TPSA) is 35.8 Å². The second-order valence-electron chi connectivity index (χ2n) is 4.40. The number of hydrogen-bond acceptors (Lipinski definition) is 2. The molecule has 0 radical (unpaired) electrons. The van der Waals surface area contributed by atoms with E-state index in [1.54, 1.807) is 0 Å². The Hall–Kier alpha value is -1.20. The van der Waals surface area contributed by atoms with Crippen LogP contribution in [0.25, 0.3) is 0 Å². The normalized spacial score (nSPS) is 24.1. The summed E-state index contributed by atoms with van der Waals surface area (Å²) in [4.78, 5) is 0. The summed E-state index contributed by atoms with van der Waals surface area (Å²) in [7, 11) is 0. The average molecular weight is 235 g/mol. The minimum absolute atomic E-state index is 0.122. The molecule has 1 saturated carbocycles. The highest BCUT2D eigenvalue weighted by Crippen LogP contribution is 2.31. The Morgan fingerprint density at radius 1 is 1.44 bits per heavy atom. The van der Waals surface area contributed by atoms with Crippen molar-refractivity contribution in [1.82, 2.24) is 0 Å². The van der Waals surface area contributed by atoms with Crippen molar-refractivity contribution in [3.63, 3.8) is 0 Å². The van der Waals surface area contributed by atoms with Gasteiger partial charge in [-0.1, -0.05) is 17.7 Å². The smallest absolute Gasteiger partial charge is 0.0677 e. The summed E-state index contributed by atoms with van der Waals surface area (Å²) >= 11 is 6.12. The first-order chi connectivity index (χ1) is 7.70. The van der Waals surface area contributed by atoms with Crippen molar-refractivity contribution in [3.8, 4) is 6.07 Å². The van der Waals surface area contributed by atoms with Crippen LogP contribution in [-0.2, 0) is 0 Å². The summed E-state index contributed by atoms with van der Waals surface area (Å²) in [6.45, 7) is 2.04. The zero-order chi connectivity index (χ0) is 11.5. The summed E-state index contributed by atoms with van der Waals surface area (Å²) in [5, 5.41) is 13.1. The molecule has 16 heavy (non-hydrogen) atoms. The lowest BCUT2D eigenvalue weighted by Crippen LogP contribution is -2.22. The van der Waals surface area contributed by atoms with E-state index in [1.807, 2.05) is 25.1 Å². The Morgan fingerprint density at radius 2 is 2.25 bits per heavy atom. The SMILES string of the molecule is Cc1ccc(Cl)c(NC2CCCC2C#N)c1. The zero-order valence-corrected chi connectivity index (χ0v) is 10.1. The first kappa shape index (κ1) is 11.3. The molecule has 1 fully saturated rings. The van der Waals surface area contributed by atoms with Gasteiger partial charge in [-0.05, 0) is 43.9 Å². The van der Waals surface area contributed by atoms with Crippen molar-refractivity contribution in [2.75, 3.05) is 5.32 Å². The Balaban J connectivity index is 2.14. The molecule has 2 atom stereocenters. The van der Waals surface area contributed by atoms with E-state index < -0.39 is 0 Å². The second kappa shape index (κ2) is 4.76. The van der Waals surface area contributed by atoms with Gasteiger partial charge in [-0.15, -0.1) is 0 Å². The highest BCUT2D eigenvalue weighted by Gasteiger charge is 2.27. The molecule has 0 amide bonds. The van der Waals surface area contributed by atoms with Crippen LogP contribution in [-0.4, -0.2) is 6.04 Å². The summed E-state index contributed by atoms with van der Waals surface area (Å²) in [5.74, 6) is 0.122. The third-order valence-corrected chi connectivity index (χ3v) is 3.47. The maximum absolute atomic E-state index is 9.02. The number of nitrogens with one attached hydrogen (secondary N) is 1. The third-order valence-electron chi connectivity index (χ3n) is 3.14. The number of anilines is 1. The minimum Gasteiger partial charge on any atom is -0.380 e. The van der Waals surface area contributed by atoms with Crippen molar-refractivity contribution in [2.24, 2.45) is 5.92 Å². The van der Waals surface area contributed by atoms with Crippen molar-refractivity contribution >= 4 is 17.3 Å². The molecule has 2 unspecified atom stereocenters. The molecule has 0 aromatic heterocycles. The summed E-state index contributed by atoms with van der Waals surface area (Å²) in [5.41, 5.74) is 2.13. The van der Waals surface area contributed by atoms with Gasteiger partial charge in [-0.25, -0.2) is 0 Å². The maximum Gasteiger partial charge on any atom is 0.0677 e. The van der Waals surface area contributed by atoms with Crippen LogP contribution in [0.2, 0.25) is 5.02 Å². The lowest BCUT2D eigenvalue weighted by atomic mass is 10.1. The van der Waals surface area contributed by atoms with Gasteiger partial charge in [-0.2, -0.15) is 5.26 Å². The Bertz CT molecular complexity index is 422. The summed E-state index contributed by atoms with van der Waals surface area (Å²) in [6.07, 6.45) is 3.18. The van der Waals surface area contributed by atoms with Gasteiger partial charge in [0.1, 0.15) is 0 Å². The van der Waals surface area contributed by atoms with E-state index in [9.17, 15) is 0 Å². The van der Waals surface area contributed by atoms with Gasteiger partial charge in [0.25, 0.3) is 0 Å². The standard InChI is InChI=1S/C13H15ClN2/c1-9-5-6-11(14)13(7-9)16-12-4-2-3-10(12)8-15/h5-7,10,12,16H,2-4H2,1H3. The number of nitrogens with zero attached hydrogens (tertiary/aromatic N) is 1. The quantitative estimate of drug-likeness (QED) is 0.846. The fourth-order valence-electron chi connectivity index (χ4n) is 2.24. The van der Waals surface area contributed by atoms with Crippen LogP contribution in [0.4, 0.5) is 5.69 Å². The fourth-order valence-corrected chi connectivity index (χ4v) is 2.41.